The largest absolute Gasteiger partial charge is 0.497 e. The fraction of sp³-hybridized carbons (Fsp3) is 0.500. The molecule has 0 saturated carbocycles. The monoisotopic (exact) mass is 242 g/mol. The van der Waals surface area contributed by atoms with Crippen molar-refractivity contribution in [2.75, 3.05) is 38.2 Å². The van der Waals surface area contributed by atoms with Crippen molar-refractivity contribution in [3.63, 3.8) is 0 Å². The first-order valence-corrected chi connectivity index (χ1v) is 5.41. The molecule has 0 atom stereocenters. The summed E-state index contributed by atoms with van der Waals surface area (Å²) in [5, 5.41) is 3.36. The van der Waals surface area contributed by atoms with Crippen molar-refractivity contribution in [2.24, 2.45) is 0 Å². The van der Waals surface area contributed by atoms with Crippen molar-refractivity contribution in [1.29, 1.82) is 0 Å². The van der Waals surface area contributed by atoms with Gasteiger partial charge in [-0.1, -0.05) is 6.07 Å². The third kappa shape index (κ3) is 2.80. The molecule has 1 aliphatic rings. The van der Waals surface area contributed by atoms with Gasteiger partial charge >= 0.3 is 0 Å². The lowest BCUT2D eigenvalue weighted by atomic mass is 10.1. The van der Waals surface area contributed by atoms with Crippen LogP contribution in [0, 0.1) is 6.92 Å². The van der Waals surface area contributed by atoms with Crippen LogP contribution in [0.4, 0.5) is 5.69 Å². The predicted octanol–water partition coefficient (Wildman–Crippen LogP) is 1.84. The van der Waals surface area contributed by atoms with E-state index in [-0.39, 0.29) is 12.4 Å². The van der Waals surface area contributed by atoms with Gasteiger partial charge in [-0.3, -0.25) is 0 Å². The van der Waals surface area contributed by atoms with Crippen molar-refractivity contribution in [3.05, 3.63) is 23.8 Å². The van der Waals surface area contributed by atoms with Gasteiger partial charge in [-0.2, -0.15) is 0 Å². The molecular formula is C12H19ClN2O. The summed E-state index contributed by atoms with van der Waals surface area (Å²) in [6.45, 7) is 6.44. The molecule has 0 radical (unpaired) electrons. The Morgan fingerprint density at radius 1 is 1.25 bits per heavy atom. The first-order valence-electron chi connectivity index (χ1n) is 5.41. The standard InChI is InChI=1S/C12H18N2O.ClH/c1-10-3-4-11(15-2)9-12(10)14-7-5-13-6-8-14;/h3-4,9,13H,5-8H2,1-2H3;1H. The molecule has 0 spiro atoms. The van der Waals surface area contributed by atoms with Crippen molar-refractivity contribution in [1.82, 2.24) is 5.32 Å². The van der Waals surface area contributed by atoms with Gasteiger partial charge in [-0.05, 0) is 18.6 Å². The fourth-order valence-corrected chi connectivity index (χ4v) is 1.96. The van der Waals surface area contributed by atoms with Crippen LogP contribution in [0.25, 0.3) is 0 Å². The van der Waals surface area contributed by atoms with E-state index in [0.29, 0.717) is 0 Å². The smallest absolute Gasteiger partial charge is 0.120 e. The first kappa shape index (κ1) is 13.1. The zero-order valence-corrected chi connectivity index (χ0v) is 10.6. The molecule has 1 aromatic rings. The highest BCUT2D eigenvalue weighted by molar-refractivity contribution is 5.85. The summed E-state index contributed by atoms with van der Waals surface area (Å²) in [5.41, 5.74) is 2.62. The average Bonchev–Trinajstić information content (AvgIpc) is 2.31. The first-order chi connectivity index (χ1) is 7.31. The molecule has 1 heterocycles. The van der Waals surface area contributed by atoms with Crippen LogP contribution in [-0.2, 0) is 0 Å². The maximum absolute atomic E-state index is 5.26. The number of nitrogens with one attached hydrogen (secondary N) is 1. The summed E-state index contributed by atoms with van der Waals surface area (Å²) in [6.07, 6.45) is 0. The van der Waals surface area contributed by atoms with Crippen molar-refractivity contribution < 1.29 is 4.74 Å². The van der Waals surface area contributed by atoms with Crippen LogP contribution < -0.4 is 15.0 Å². The third-order valence-electron chi connectivity index (χ3n) is 2.87. The Bertz CT molecular complexity index is 338. The number of anilines is 1. The van der Waals surface area contributed by atoms with E-state index in [1.54, 1.807) is 7.11 Å². The van der Waals surface area contributed by atoms with Crippen molar-refractivity contribution in [3.8, 4) is 5.75 Å². The van der Waals surface area contributed by atoms with E-state index in [4.69, 9.17) is 4.74 Å². The van der Waals surface area contributed by atoms with E-state index in [9.17, 15) is 0 Å². The molecule has 3 nitrogen and oxygen atoms in total. The number of nitrogens with zero attached hydrogens (tertiary/aromatic N) is 1. The molecule has 90 valence electrons. The third-order valence-corrected chi connectivity index (χ3v) is 2.87. The fourth-order valence-electron chi connectivity index (χ4n) is 1.96. The molecule has 1 aromatic carbocycles. The molecule has 16 heavy (non-hydrogen) atoms. The van der Waals surface area contributed by atoms with Gasteiger partial charge in [0.25, 0.3) is 0 Å². The highest BCUT2D eigenvalue weighted by atomic mass is 35.5. The molecule has 0 bridgehead atoms. The van der Waals surface area contributed by atoms with Crippen LogP contribution in [-0.4, -0.2) is 33.3 Å². The van der Waals surface area contributed by atoms with Gasteiger partial charge < -0.3 is 15.0 Å². The minimum atomic E-state index is 0. The Morgan fingerprint density at radius 3 is 2.56 bits per heavy atom. The molecule has 4 heteroatoms. The number of halogens is 1. The van der Waals surface area contributed by atoms with Gasteiger partial charge in [0.05, 0.1) is 7.11 Å². The van der Waals surface area contributed by atoms with Crippen LogP contribution >= 0.6 is 12.4 Å². The quantitative estimate of drug-likeness (QED) is 0.857. The molecule has 1 saturated heterocycles. The highest BCUT2D eigenvalue weighted by Crippen LogP contribution is 2.25. The van der Waals surface area contributed by atoms with Crippen LogP contribution in [0.1, 0.15) is 5.56 Å². The van der Waals surface area contributed by atoms with Gasteiger partial charge in [0.2, 0.25) is 0 Å². The van der Waals surface area contributed by atoms with E-state index in [1.165, 1.54) is 11.3 Å². The molecule has 1 fully saturated rings. The van der Waals surface area contributed by atoms with Crippen LogP contribution in [0.2, 0.25) is 0 Å². The summed E-state index contributed by atoms with van der Waals surface area (Å²) in [5.74, 6) is 0.939. The Hall–Kier alpha value is -0.930. The van der Waals surface area contributed by atoms with Crippen molar-refractivity contribution >= 4 is 18.1 Å². The number of methoxy groups -OCH3 is 1. The van der Waals surface area contributed by atoms with E-state index >= 15 is 0 Å². The van der Waals surface area contributed by atoms with Gasteiger partial charge in [-0.15, -0.1) is 12.4 Å². The Balaban J connectivity index is 0.00000128. The number of ether oxygens (including phenoxy) is 1. The summed E-state index contributed by atoms with van der Waals surface area (Å²) in [6, 6.07) is 6.26. The number of benzene rings is 1. The van der Waals surface area contributed by atoms with Gasteiger partial charge in [-0.25, -0.2) is 0 Å². The Morgan fingerprint density at radius 2 is 1.94 bits per heavy atom. The van der Waals surface area contributed by atoms with Gasteiger partial charge in [0, 0.05) is 37.9 Å². The lowest BCUT2D eigenvalue weighted by molar-refractivity contribution is 0.414. The number of aryl methyl sites for hydroxylation is 1. The summed E-state index contributed by atoms with van der Waals surface area (Å²) < 4.78 is 5.26. The second-order valence-corrected chi connectivity index (χ2v) is 3.89. The SMILES string of the molecule is COc1ccc(C)c(N2CCNCC2)c1.Cl. The van der Waals surface area contributed by atoms with Gasteiger partial charge in [0.15, 0.2) is 0 Å². The number of hydrogen-bond acceptors (Lipinski definition) is 3. The van der Waals surface area contributed by atoms with E-state index in [0.717, 1.165) is 31.9 Å². The molecular weight excluding hydrogens is 224 g/mol. The van der Waals surface area contributed by atoms with Crippen molar-refractivity contribution in [2.45, 2.75) is 6.92 Å². The lowest BCUT2D eigenvalue weighted by Gasteiger charge is -2.30. The Kier molecular flexibility index (Phi) is 4.90. The van der Waals surface area contributed by atoms with Crippen LogP contribution in [0.3, 0.4) is 0 Å². The average molecular weight is 243 g/mol. The minimum Gasteiger partial charge on any atom is -0.497 e. The lowest BCUT2D eigenvalue weighted by Crippen LogP contribution is -2.43. The molecule has 0 aromatic heterocycles. The van der Waals surface area contributed by atoms with E-state index in [2.05, 4.69) is 29.3 Å². The Labute approximate surface area is 103 Å². The zero-order chi connectivity index (χ0) is 10.7. The summed E-state index contributed by atoms with van der Waals surface area (Å²) in [4.78, 5) is 2.41. The maximum atomic E-state index is 5.26. The summed E-state index contributed by atoms with van der Waals surface area (Å²) >= 11 is 0. The molecule has 1 N–H and O–H groups in total. The van der Waals surface area contributed by atoms with Crippen LogP contribution in [0.5, 0.6) is 5.75 Å². The molecule has 1 aliphatic heterocycles. The second kappa shape index (κ2) is 5.97. The maximum Gasteiger partial charge on any atom is 0.120 e. The minimum absolute atomic E-state index is 0. The molecule has 0 aliphatic carbocycles. The van der Waals surface area contributed by atoms with E-state index < -0.39 is 0 Å². The molecule has 2 rings (SSSR count). The second-order valence-electron chi connectivity index (χ2n) is 3.89. The zero-order valence-electron chi connectivity index (χ0n) is 9.82. The predicted molar refractivity (Wildman–Crippen MR) is 70.1 cm³/mol. The number of piperazine rings is 1. The molecule has 0 amide bonds. The highest BCUT2D eigenvalue weighted by Gasteiger charge is 2.12. The topological polar surface area (TPSA) is 24.5 Å². The number of hydrogen-bond donors (Lipinski definition) is 1. The normalized spacial score (nSPS) is 15.5. The number of rotatable bonds is 2. The van der Waals surface area contributed by atoms with Gasteiger partial charge in [0.1, 0.15) is 5.75 Å². The molecule has 0 unspecified atom stereocenters. The van der Waals surface area contributed by atoms with E-state index in [1.807, 2.05) is 6.07 Å². The summed E-state index contributed by atoms with van der Waals surface area (Å²) in [7, 11) is 1.71. The van der Waals surface area contributed by atoms with Crippen LogP contribution in [0.15, 0.2) is 18.2 Å².